The van der Waals surface area contributed by atoms with Gasteiger partial charge in [0, 0.05) is 11.1 Å². The molecule has 0 saturated carbocycles. The molecule has 5 nitrogen and oxygen atoms in total. The third-order valence-corrected chi connectivity index (χ3v) is 3.26. The number of carbonyl (C=O) groups excluding carboxylic acids is 2. The predicted molar refractivity (Wildman–Crippen MR) is 83.8 cm³/mol. The Morgan fingerprint density at radius 2 is 1.38 bits per heavy atom. The number of benzene rings is 2. The fraction of sp³-hybridized carbons (Fsp3) is 0.176. The van der Waals surface area contributed by atoms with Crippen molar-refractivity contribution < 1.29 is 23.1 Å². The van der Waals surface area contributed by atoms with Gasteiger partial charge < -0.3 is 4.74 Å². The molecule has 2 N–H and O–H groups in total. The Morgan fingerprint density at radius 1 is 0.917 bits per heavy atom. The van der Waals surface area contributed by atoms with Crippen LogP contribution in [-0.4, -0.2) is 18.4 Å². The summed E-state index contributed by atoms with van der Waals surface area (Å²) in [5.74, 6) is -1.08. The van der Waals surface area contributed by atoms with Crippen LogP contribution in [0.15, 0.2) is 48.5 Å². The van der Waals surface area contributed by atoms with Crippen LogP contribution >= 0.6 is 0 Å². The summed E-state index contributed by atoms with van der Waals surface area (Å²) in [6.45, 7) is -0.921. The Bertz CT molecular complexity index is 701. The van der Waals surface area contributed by atoms with Crippen molar-refractivity contribution in [2.75, 3.05) is 0 Å². The highest BCUT2D eigenvalue weighted by Crippen LogP contribution is 2.14. The molecular formula is C17H16F2N2O3. The minimum atomic E-state index is -2.93. The maximum atomic E-state index is 12.0. The summed E-state index contributed by atoms with van der Waals surface area (Å²) in [5.41, 5.74) is 6.25. The highest BCUT2D eigenvalue weighted by Gasteiger charge is 2.10. The lowest BCUT2D eigenvalue weighted by Crippen LogP contribution is -2.41. The Kier molecular flexibility index (Phi) is 5.83. The number of rotatable bonds is 5. The molecule has 0 aliphatic rings. The van der Waals surface area contributed by atoms with Crippen molar-refractivity contribution in [3.8, 4) is 5.75 Å². The number of amides is 2. The molecule has 0 fully saturated rings. The van der Waals surface area contributed by atoms with Crippen molar-refractivity contribution in [3.05, 3.63) is 65.2 Å². The van der Waals surface area contributed by atoms with Gasteiger partial charge in [0.2, 0.25) is 0 Å². The largest absolute Gasteiger partial charge is 0.435 e. The number of hydrazine groups is 1. The second-order valence-corrected chi connectivity index (χ2v) is 4.86. The van der Waals surface area contributed by atoms with Crippen molar-refractivity contribution in [2.45, 2.75) is 20.0 Å². The molecule has 0 atom stereocenters. The van der Waals surface area contributed by atoms with Crippen LogP contribution in [-0.2, 0) is 6.42 Å². The van der Waals surface area contributed by atoms with Crippen molar-refractivity contribution in [1.82, 2.24) is 10.9 Å². The lowest BCUT2D eigenvalue weighted by Gasteiger charge is -2.09. The summed E-state index contributed by atoms with van der Waals surface area (Å²) in [6.07, 6.45) is 0.865. The molecule has 0 unspecified atom stereocenters. The highest BCUT2D eigenvalue weighted by molar-refractivity contribution is 5.99. The quantitative estimate of drug-likeness (QED) is 0.826. The molecule has 2 aromatic rings. The molecule has 0 aromatic heterocycles. The molecule has 0 heterocycles. The van der Waals surface area contributed by atoms with Crippen molar-refractivity contribution in [1.29, 1.82) is 0 Å². The monoisotopic (exact) mass is 334 g/mol. The van der Waals surface area contributed by atoms with Gasteiger partial charge in [-0.15, -0.1) is 0 Å². The number of carbonyl (C=O) groups is 2. The number of hydrogen-bond acceptors (Lipinski definition) is 3. The summed E-state index contributed by atoms with van der Waals surface area (Å²) in [7, 11) is 0. The molecule has 0 spiro atoms. The van der Waals surface area contributed by atoms with Crippen molar-refractivity contribution in [3.63, 3.8) is 0 Å². The lowest BCUT2D eigenvalue weighted by molar-refractivity contribution is -0.0498. The van der Waals surface area contributed by atoms with Gasteiger partial charge >= 0.3 is 6.61 Å². The SMILES string of the molecule is CCc1ccc(C(=O)NNC(=O)c2ccc(OC(F)F)cc2)cc1. The first-order chi connectivity index (χ1) is 11.5. The lowest BCUT2D eigenvalue weighted by atomic mass is 10.1. The Labute approximate surface area is 137 Å². The molecule has 7 heteroatoms. The summed E-state index contributed by atoms with van der Waals surface area (Å²) in [6, 6.07) is 12.1. The standard InChI is InChI=1S/C17H16F2N2O3/c1-2-11-3-5-12(6-4-11)15(22)20-21-16(23)13-7-9-14(10-8-13)24-17(18)19/h3-10,17H,2H2,1H3,(H,20,22)(H,21,23). The summed E-state index contributed by atoms with van der Waals surface area (Å²) in [4.78, 5) is 23.8. The van der Waals surface area contributed by atoms with E-state index in [-0.39, 0.29) is 11.3 Å². The van der Waals surface area contributed by atoms with Gasteiger partial charge in [0.05, 0.1) is 0 Å². The molecule has 2 aromatic carbocycles. The average Bonchev–Trinajstić information content (AvgIpc) is 2.59. The molecule has 2 rings (SSSR count). The van der Waals surface area contributed by atoms with Gasteiger partial charge in [-0.2, -0.15) is 8.78 Å². The molecule has 24 heavy (non-hydrogen) atoms. The molecular weight excluding hydrogens is 318 g/mol. The molecule has 0 aliphatic carbocycles. The number of ether oxygens (including phenoxy) is 1. The molecule has 2 amide bonds. The normalized spacial score (nSPS) is 10.3. The van der Waals surface area contributed by atoms with Gasteiger partial charge in [0.1, 0.15) is 5.75 Å². The van der Waals surface area contributed by atoms with E-state index in [0.29, 0.717) is 5.56 Å². The number of hydrogen-bond donors (Lipinski definition) is 2. The maximum Gasteiger partial charge on any atom is 0.387 e. The topological polar surface area (TPSA) is 67.4 Å². The Balaban J connectivity index is 1.90. The van der Waals surface area contributed by atoms with E-state index in [4.69, 9.17) is 0 Å². The summed E-state index contributed by atoms with van der Waals surface area (Å²) >= 11 is 0. The van der Waals surface area contributed by atoms with Gasteiger partial charge in [-0.3, -0.25) is 20.4 Å². The van der Waals surface area contributed by atoms with Crippen LogP contribution in [0.2, 0.25) is 0 Å². The number of halogens is 2. The van der Waals surface area contributed by atoms with Gasteiger partial charge in [-0.1, -0.05) is 19.1 Å². The first-order valence-electron chi connectivity index (χ1n) is 7.24. The van der Waals surface area contributed by atoms with E-state index in [2.05, 4.69) is 15.6 Å². The second kappa shape index (κ2) is 8.05. The predicted octanol–water partition coefficient (Wildman–Crippen LogP) is 2.93. The maximum absolute atomic E-state index is 12.0. The van der Waals surface area contributed by atoms with Gasteiger partial charge in [-0.25, -0.2) is 0 Å². The zero-order chi connectivity index (χ0) is 17.5. The molecule has 0 radical (unpaired) electrons. The van der Waals surface area contributed by atoms with Crippen LogP contribution in [0.4, 0.5) is 8.78 Å². The van der Waals surface area contributed by atoms with E-state index >= 15 is 0 Å². The second-order valence-electron chi connectivity index (χ2n) is 4.86. The van der Waals surface area contributed by atoms with E-state index < -0.39 is 18.4 Å². The van der Waals surface area contributed by atoms with Crippen LogP contribution in [0, 0.1) is 0 Å². The van der Waals surface area contributed by atoms with Gasteiger partial charge in [-0.05, 0) is 48.4 Å². The van der Waals surface area contributed by atoms with E-state index in [1.54, 1.807) is 12.1 Å². The average molecular weight is 334 g/mol. The zero-order valence-electron chi connectivity index (χ0n) is 12.9. The highest BCUT2D eigenvalue weighted by atomic mass is 19.3. The number of nitrogens with one attached hydrogen (secondary N) is 2. The number of alkyl halides is 2. The van der Waals surface area contributed by atoms with E-state index in [0.717, 1.165) is 12.0 Å². The minimum Gasteiger partial charge on any atom is -0.435 e. The van der Waals surface area contributed by atoms with Crippen molar-refractivity contribution >= 4 is 11.8 Å². The third kappa shape index (κ3) is 4.77. The van der Waals surface area contributed by atoms with Crippen molar-refractivity contribution in [2.24, 2.45) is 0 Å². The van der Waals surface area contributed by atoms with Crippen LogP contribution in [0.25, 0.3) is 0 Å². The zero-order valence-corrected chi connectivity index (χ0v) is 12.9. The van der Waals surface area contributed by atoms with Gasteiger partial charge in [0.25, 0.3) is 11.8 Å². The Morgan fingerprint density at radius 3 is 1.79 bits per heavy atom. The first-order valence-corrected chi connectivity index (χ1v) is 7.24. The minimum absolute atomic E-state index is 0.0541. The van der Waals surface area contributed by atoms with Crippen LogP contribution in [0.5, 0.6) is 5.75 Å². The van der Waals surface area contributed by atoms with E-state index in [1.165, 1.54) is 24.3 Å². The summed E-state index contributed by atoms with van der Waals surface area (Å²) < 4.78 is 28.3. The summed E-state index contributed by atoms with van der Waals surface area (Å²) in [5, 5.41) is 0. The van der Waals surface area contributed by atoms with Crippen LogP contribution < -0.4 is 15.6 Å². The first kappa shape index (κ1) is 17.4. The third-order valence-electron chi connectivity index (χ3n) is 3.26. The van der Waals surface area contributed by atoms with E-state index in [1.807, 2.05) is 19.1 Å². The fourth-order valence-electron chi connectivity index (χ4n) is 1.94. The Hall–Kier alpha value is -2.96. The molecule has 0 saturated heterocycles. The van der Waals surface area contributed by atoms with E-state index in [9.17, 15) is 18.4 Å². The molecule has 0 bridgehead atoms. The van der Waals surface area contributed by atoms with Crippen LogP contribution in [0.1, 0.15) is 33.2 Å². The molecule has 0 aliphatic heterocycles. The fourth-order valence-corrected chi connectivity index (χ4v) is 1.94. The molecule has 126 valence electrons. The smallest absolute Gasteiger partial charge is 0.387 e. The number of aryl methyl sites for hydroxylation is 1. The van der Waals surface area contributed by atoms with Crippen LogP contribution in [0.3, 0.4) is 0 Å². The van der Waals surface area contributed by atoms with Gasteiger partial charge in [0.15, 0.2) is 0 Å².